The second kappa shape index (κ2) is 5.58. The van der Waals surface area contributed by atoms with Gasteiger partial charge in [0.05, 0.1) is 5.69 Å². The average molecular weight is 245 g/mol. The van der Waals surface area contributed by atoms with Gasteiger partial charge in [0.2, 0.25) is 0 Å². The summed E-state index contributed by atoms with van der Waals surface area (Å²) in [6, 6.07) is 6.34. The molecule has 0 spiro atoms. The van der Waals surface area contributed by atoms with Crippen LogP contribution in [0.1, 0.15) is 18.9 Å². The zero-order chi connectivity index (χ0) is 13.0. The third kappa shape index (κ3) is 2.64. The highest BCUT2D eigenvalue weighted by molar-refractivity contribution is 5.67. The molecule has 0 unspecified atom stereocenters. The summed E-state index contributed by atoms with van der Waals surface area (Å²) in [5.41, 5.74) is 2.72. The highest BCUT2D eigenvalue weighted by Crippen LogP contribution is 2.24. The summed E-state index contributed by atoms with van der Waals surface area (Å²) in [4.78, 5) is 8.50. The van der Waals surface area contributed by atoms with Gasteiger partial charge in [-0.05, 0) is 37.6 Å². The van der Waals surface area contributed by atoms with Crippen molar-refractivity contribution in [3.63, 3.8) is 0 Å². The molecule has 1 heterocycles. The average Bonchev–Trinajstić information content (AvgIpc) is 2.39. The number of nitrogens with one attached hydrogen (secondary N) is 1. The molecule has 0 aliphatic carbocycles. The molecule has 3 nitrogen and oxygen atoms in total. The highest BCUT2D eigenvalue weighted by atomic mass is 19.1. The zero-order valence-electron chi connectivity index (χ0n) is 10.6. The molecule has 2 rings (SSSR count). The minimum Gasteiger partial charge on any atom is -0.370 e. The first-order chi connectivity index (χ1) is 8.72. The van der Waals surface area contributed by atoms with E-state index in [9.17, 15) is 4.39 Å². The van der Waals surface area contributed by atoms with Crippen LogP contribution in [-0.2, 0) is 0 Å². The topological polar surface area (TPSA) is 37.8 Å². The van der Waals surface area contributed by atoms with E-state index in [1.54, 1.807) is 12.1 Å². The highest BCUT2D eigenvalue weighted by Gasteiger charge is 2.08. The van der Waals surface area contributed by atoms with E-state index in [1.165, 1.54) is 18.5 Å². The smallest absolute Gasteiger partial charge is 0.132 e. The molecule has 0 saturated carbocycles. The molecule has 0 bridgehead atoms. The van der Waals surface area contributed by atoms with E-state index < -0.39 is 0 Å². The number of hydrogen-bond acceptors (Lipinski definition) is 3. The monoisotopic (exact) mass is 245 g/mol. The summed E-state index contributed by atoms with van der Waals surface area (Å²) < 4.78 is 12.9. The first kappa shape index (κ1) is 12.5. The van der Waals surface area contributed by atoms with Crippen LogP contribution in [0.25, 0.3) is 11.3 Å². The van der Waals surface area contributed by atoms with E-state index in [0.29, 0.717) is 0 Å². The predicted molar refractivity (Wildman–Crippen MR) is 70.9 cm³/mol. The zero-order valence-corrected chi connectivity index (χ0v) is 10.6. The SMILES string of the molecule is CCCNc1ncnc(-c2ccc(F)cc2)c1C. The molecule has 94 valence electrons. The molecule has 0 aliphatic rings. The van der Waals surface area contributed by atoms with Crippen LogP contribution in [0.15, 0.2) is 30.6 Å². The lowest BCUT2D eigenvalue weighted by Gasteiger charge is -2.10. The Morgan fingerprint density at radius 2 is 1.89 bits per heavy atom. The van der Waals surface area contributed by atoms with Crippen LogP contribution in [0.4, 0.5) is 10.2 Å². The molecule has 1 aromatic carbocycles. The van der Waals surface area contributed by atoms with E-state index in [-0.39, 0.29) is 5.82 Å². The summed E-state index contributed by atoms with van der Waals surface area (Å²) >= 11 is 0. The van der Waals surface area contributed by atoms with E-state index in [0.717, 1.165) is 35.6 Å². The first-order valence-corrected chi connectivity index (χ1v) is 6.03. The number of halogens is 1. The van der Waals surface area contributed by atoms with Crippen molar-refractivity contribution in [1.82, 2.24) is 9.97 Å². The molecular weight excluding hydrogens is 229 g/mol. The van der Waals surface area contributed by atoms with Gasteiger partial charge < -0.3 is 5.32 Å². The van der Waals surface area contributed by atoms with Crippen LogP contribution in [0, 0.1) is 12.7 Å². The van der Waals surface area contributed by atoms with Gasteiger partial charge in [0.1, 0.15) is 18.0 Å². The molecule has 2 aromatic rings. The normalized spacial score (nSPS) is 10.4. The number of benzene rings is 1. The fourth-order valence-corrected chi connectivity index (χ4v) is 1.77. The van der Waals surface area contributed by atoms with Crippen LogP contribution < -0.4 is 5.32 Å². The second-order valence-corrected chi connectivity index (χ2v) is 4.13. The van der Waals surface area contributed by atoms with Crippen molar-refractivity contribution in [1.29, 1.82) is 0 Å². The maximum absolute atomic E-state index is 12.9. The van der Waals surface area contributed by atoms with E-state index >= 15 is 0 Å². The standard InChI is InChI=1S/C14H16FN3/c1-3-8-16-14-10(2)13(17-9-18-14)11-4-6-12(15)7-5-11/h4-7,9H,3,8H2,1-2H3,(H,16,17,18). The molecule has 1 aromatic heterocycles. The summed E-state index contributed by atoms with van der Waals surface area (Å²) in [5.74, 6) is 0.598. The third-order valence-electron chi connectivity index (χ3n) is 2.74. The van der Waals surface area contributed by atoms with Crippen molar-refractivity contribution >= 4 is 5.82 Å². The summed E-state index contributed by atoms with van der Waals surface area (Å²) in [5, 5.41) is 3.26. The Labute approximate surface area is 106 Å². The molecule has 0 aliphatic heterocycles. The van der Waals surface area contributed by atoms with Crippen molar-refractivity contribution in [3.8, 4) is 11.3 Å². The van der Waals surface area contributed by atoms with Gasteiger partial charge in [-0.25, -0.2) is 14.4 Å². The predicted octanol–water partition coefficient (Wildman–Crippen LogP) is 3.41. The molecular formula is C14H16FN3. The summed E-state index contributed by atoms with van der Waals surface area (Å²) in [7, 11) is 0. The number of rotatable bonds is 4. The third-order valence-corrected chi connectivity index (χ3v) is 2.74. The fraction of sp³-hybridized carbons (Fsp3) is 0.286. The van der Waals surface area contributed by atoms with Gasteiger partial charge in [-0.15, -0.1) is 0 Å². The van der Waals surface area contributed by atoms with Gasteiger partial charge >= 0.3 is 0 Å². The number of aromatic nitrogens is 2. The number of hydrogen-bond donors (Lipinski definition) is 1. The molecule has 0 saturated heterocycles. The van der Waals surface area contributed by atoms with Gasteiger partial charge in [-0.3, -0.25) is 0 Å². The largest absolute Gasteiger partial charge is 0.370 e. The Kier molecular flexibility index (Phi) is 3.87. The second-order valence-electron chi connectivity index (χ2n) is 4.13. The molecule has 18 heavy (non-hydrogen) atoms. The Morgan fingerprint density at radius 1 is 1.17 bits per heavy atom. The molecule has 0 radical (unpaired) electrons. The van der Waals surface area contributed by atoms with Crippen LogP contribution in [0.2, 0.25) is 0 Å². The Bertz CT molecular complexity index is 523. The quantitative estimate of drug-likeness (QED) is 0.897. The van der Waals surface area contributed by atoms with Gasteiger partial charge in [-0.1, -0.05) is 6.92 Å². The van der Waals surface area contributed by atoms with Crippen LogP contribution >= 0.6 is 0 Å². The minimum absolute atomic E-state index is 0.241. The summed E-state index contributed by atoms with van der Waals surface area (Å²) in [6.07, 6.45) is 2.57. The van der Waals surface area contributed by atoms with Crippen molar-refractivity contribution in [2.45, 2.75) is 20.3 Å². The van der Waals surface area contributed by atoms with Crippen LogP contribution in [-0.4, -0.2) is 16.5 Å². The van der Waals surface area contributed by atoms with Crippen molar-refractivity contribution in [2.75, 3.05) is 11.9 Å². The van der Waals surface area contributed by atoms with Crippen molar-refractivity contribution in [3.05, 3.63) is 42.0 Å². The summed E-state index contributed by atoms with van der Waals surface area (Å²) in [6.45, 7) is 4.95. The lowest BCUT2D eigenvalue weighted by atomic mass is 10.1. The minimum atomic E-state index is -0.241. The Balaban J connectivity index is 2.36. The maximum atomic E-state index is 12.9. The van der Waals surface area contributed by atoms with Crippen LogP contribution in [0.5, 0.6) is 0 Å². The van der Waals surface area contributed by atoms with E-state index in [2.05, 4.69) is 22.2 Å². The molecule has 0 amide bonds. The number of anilines is 1. The molecule has 0 fully saturated rings. The van der Waals surface area contributed by atoms with Crippen molar-refractivity contribution in [2.24, 2.45) is 0 Å². The molecule has 1 N–H and O–H groups in total. The lowest BCUT2D eigenvalue weighted by Crippen LogP contribution is -2.05. The number of nitrogens with zero attached hydrogens (tertiary/aromatic N) is 2. The fourth-order valence-electron chi connectivity index (χ4n) is 1.77. The Morgan fingerprint density at radius 3 is 2.56 bits per heavy atom. The first-order valence-electron chi connectivity index (χ1n) is 6.03. The van der Waals surface area contributed by atoms with Gasteiger partial charge in [0, 0.05) is 17.7 Å². The van der Waals surface area contributed by atoms with E-state index in [4.69, 9.17) is 0 Å². The molecule has 4 heteroatoms. The van der Waals surface area contributed by atoms with Crippen molar-refractivity contribution < 1.29 is 4.39 Å². The lowest BCUT2D eigenvalue weighted by molar-refractivity contribution is 0.628. The van der Waals surface area contributed by atoms with Gasteiger partial charge in [0.25, 0.3) is 0 Å². The van der Waals surface area contributed by atoms with E-state index in [1.807, 2.05) is 6.92 Å². The Hall–Kier alpha value is -1.97. The van der Waals surface area contributed by atoms with Gasteiger partial charge in [0.15, 0.2) is 0 Å². The molecule has 0 atom stereocenters. The van der Waals surface area contributed by atoms with Gasteiger partial charge in [-0.2, -0.15) is 0 Å². The van der Waals surface area contributed by atoms with Crippen LogP contribution in [0.3, 0.4) is 0 Å². The maximum Gasteiger partial charge on any atom is 0.132 e.